The fourth-order valence-electron chi connectivity index (χ4n) is 1.43. The van der Waals surface area contributed by atoms with Crippen LogP contribution in [0, 0.1) is 0 Å². The topological polar surface area (TPSA) is 81.2 Å². The molecule has 1 heterocycles. The zero-order valence-electron chi connectivity index (χ0n) is 12.8. The molecular weight excluding hydrogens is 258 g/mol. The van der Waals surface area contributed by atoms with Crippen LogP contribution in [0.15, 0.2) is 0 Å². The van der Waals surface area contributed by atoms with Crippen LogP contribution < -0.4 is 15.4 Å². The third-order valence-corrected chi connectivity index (χ3v) is 2.28. The Kier molecular flexibility index (Phi) is 7.64. The van der Waals surface area contributed by atoms with Crippen LogP contribution in [-0.4, -0.2) is 47.9 Å². The molecule has 114 valence electrons. The number of hydrogen-bond acceptors (Lipinski definition) is 7. The number of nitrogens with one attached hydrogen (secondary N) is 2. The van der Waals surface area contributed by atoms with Gasteiger partial charge in [-0.1, -0.05) is 6.92 Å². The van der Waals surface area contributed by atoms with Gasteiger partial charge in [0.1, 0.15) is 0 Å². The molecule has 0 aromatic carbocycles. The highest BCUT2D eigenvalue weighted by atomic mass is 16.5. The Balaban J connectivity index is 2.47. The third kappa shape index (κ3) is 6.51. The summed E-state index contributed by atoms with van der Waals surface area (Å²) in [5, 5.41) is 6.04. The van der Waals surface area contributed by atoms with Gasteiger partial charge in [0.15, 0.2) is 0 Å². The minimum absolute atomic E-state index is 0.0254. The normalized spacial score (nSPS) is 10.7. The van der Waals surface area contributed by atoms with Crippen molar-refractivity contribution in [1.29, 1.82) is 0 Å². The molecule has 1 aromatic heterocycles. The summed E-state index contributed by atoms with van der Waals surface area (Å²) < 4.78 is 10.9. The van der Waals surface area contributed by atoms with E-state index in [2.05, 4.69) is 32.5 Å². The van der Waals surface area contributed by atoms with Crippen LogP contribution in [0.5, 0.6) is 6.01 Å². The van der Waals surface area contributed by atoms with E-state index >= 15 is 0 Å². The minimum Gasteiger partial charge on any atom is -0.461 e. The van der Waals surface area contributed by atoms with E-state index in [1.165, 1.54) is 0 Å². The van der Waals surface area contributed by atoms with E-state index < -0.39 is 0 Å². The average Bonchev–Trinajstić information content (AvgIpc) is 2.41. The Labute approximate surface area is 120 Å². The molecule has 7 nitrogen and oxygen atoms in total. The Morgan fingerprint density at radius 3 is 2.50 bits per heavy atom. The molecule has 0 fully saturated rings. The van der Waals surface area contributed by atoms with Crippen molar-refractivity contribution < 1.29 is 9.47 Å². The fraction of sp³-hybridized carbons (Fsp3) is 0.769. The molecule has 0 amide bonds. The van der Waals surface area contributed by atoms with Crippen LogP contribution in [0.3, 0.4) is 0 Å². The Morgan fingerprint density at radius 1 is 1.10 bits per heavy atom. The lowest BCUT2D eigenvalue weighted by Gasteiger charge is -2.11. The van der Waals surface area contributed by atoms with E-state index in [9.17, 15) is 0 Å². The summed E-state index contributed by atoms with van der Waals surface area (Å²) in [6.45, 7) is 8.25. The van der Waals surface area contributed by atoms with Crippen molar-refractivity contribution in [3.63, 3.8) is 0 Å². The van der Waals surface area contributed by atoms with Crippen molar-refractivity contribution in [3.05, 3.63) is 0 Å². The highest BCUT2D eigenvalue weighted by Crippen LogP contribution is 2.12. The summed E-state index contributed by atoms with van der Waals surface area (Å²) >= 11 is 0. The molecule has 0 atom stereocenters. The molecule has 0 aliphatic rings. The van der Waals surface area contributed by atoms with Gasteiger partial charge in [-0.3, -0.25) is 0 Å². The lowest BCUT2D eigenvalue weighted by molar-refractivity contribution is 0.134. The maximum absolute atomic E-state index is 5.49. The van der Waals surface area contributed by atoms with Crippen molar-refractivity contribution >= 4 is 11.9 Å². The molecule has 0 aliphatic carbocycles. The van der Waals surface area contributed by atoms with E-state index in [1.54, 1.807) is 7.05 Å². The first-order valence-corrected chi connectivity index (χ1v) is 7.07. The molecule has 7 heteroatoms. The molecule has 2 N–H and O–H groups in total. The van der Waals surface area contributed by atoms with Crippen LogP contribution in [0.4, 0.5) is 11.9 Å². The van der Waals surface area contributed by atoms with Gasteiger partial charge in [-0.05, 0) is 26.7 Å². The molecule has 0 spiro atoms. The van der Waals surface area contributed by atoms with Gasteiger partial charge in [-0.2, -0.15) is 15.0 Å². The number of anilines is 2. The fourth-order valence-corrected chi connectivity index (χ4v) is 1.43. The SMILES string of the molecule is CCCOCCCNc1nc(NC)nc(OC(C)C)n1. The highest BCUT2D eigenvalue weighted by Gasteiger charge is 2.07. The van der Waals surface area contributed by atoms with E-state index in [4.69, 9.17) is 9.47 Å². The second kappa shape index (κ2) is 9.30. The monoisotopic (exact) mass is 283 g/mol. The number of nitrogens with zero attached hydrogens (tertiary/aromatic N) is 3. The van der Waals surface area contributed by atoms with E-state index in [0.29, 0.717) is 17.9 Å². The van der Waals surface area contributed by atoms with Gasteiger partial charge in [-0.25, -0.2) is 0 Å². The molecule has 0 aliphatic heterocycles. The van der Waals surface area contributed by atoms with Crippen molar-refractivity contribution in [2.75, 3.05) is 37.4 Å². The molecule has 20 heavy (non-hydrogen) atoms. The van der Waals surface area contributed by atoms with Gasteiger partial charge in [-0.15, -0.1) is 0 Å². The van der Waals surface area contributed by atoms with Crippen molar-refractivity contribution in [2.45, 2.75) is 39.7 Å². The summed E-state index contributed by atoms with van der Waals surface area (Å²) in [5.74, 6) is 0.996. The van der Waals surface area contributed by atoms with Gasteiger partial charge in [0.05, 0.1) is 6.10 Å². The van der Waals surface area contributed by atoms with E-state index in [0.717, 1.165) is 32.6 Å². The second-order valence-corrected chi connectivity index (χ2v) is 4.57. The van der Waals surface area contributed by atoms with Crippen molar-refractivity contribution in [2.24, 2.45) is 0 Å². The lowest BCUT2D eigenvalue weighted by Crippen LogP contribution is -2.14. The standard InChI is InChI=1S/C13H25N5O2/c1-5-8-19-9-6-7-15-12-16-11(14-4)17-13(18-12)20-10(2)3/h10H,5-9H2,1-4H3,(H2,14,15,16,17,18). The van der Waals surface area contributed by atoms with Crippen LogP contribution in [0.2, 0.25) is 0 Å². The second-order valence-electron chi connectivity index (χ2n) is 4.57. The van der Waals surface area contributed by atoms with Gasteiger partial charge in [0.25, 0.3) is 0 Å². The lowest BCUT2D eigenvalue weighted by atomic mass is 10.4. The maximum Gasteiger partial charge on any atom is 0.323 e. The molecule has 0 radical (unpaired) electrons. The first-order valence-electron chi connectivity index (χ1n) is 7.07. The smallest absolute Gasteiger partial charge is 0.323 e. The molecule has 0 bridgehead atoms. The highest BCUT2D eigenvalue weighted by molar-refractivity contribution is 5.35. The Bertz CT molecular complexity index is 387. The number of ether oxygens (including phenoxy) is 2. The predicted octanol–water partition coefficient (Wildman–Crippen LogP) is 1.93. The summed E-state index contributed by atoms with van der Waals surface area (Å²) in [4.78, 5) is 12.6. The Hall–Kier alpha value is -1.63. The molecule has 0 unspecified atom stereocenters. The van der Waals surface area contributed by atoms with Gasteiger partial charge in [0, 0.05) is 26.8 Å². The predicted molar refractivity (Wildman–Crippen MR) is 79.4 cm³/mol. The largest absolute Gasteiger partial charge is 0.461 e. The van der Waals surface area contributed by atoms with Crippen LogP contribution in [-0.2, 0) is 4.74 Å². The molecule has 1 aromatic rings. The third-order valence-electron chi connectivity index (χ3n) is 2.28. The maximum atomic E-state index is 5.49. The average molecular weight is 283 g/mol. The van der Waals surface area contributed by atoms with Crippen LogP contribution in [0.1, 0.15) is 33.6 Å². The zero-order chi connectivity index (χ0) is 14.8. The number of hydrogen-bond donors (Lipinski definition) is 2. The van der Waals surface area contributed by atoms with Gasteiger partial charge < -0.3 is 20.1 Å². The van der Waals surface area contributed by atoms with Crippen LogP contribution in [0.25, 0.3) is 0 Å². The van der Waals surface area contributed by atoms with Gasteiger partial charge >= 0.3 is 6.01 Å². The summed E-state index contributed by atoms with van der Waals surface area (Å²) in [6, 6.07) is 0.323. The summed E-state index contributed by atoms with van der Waals surface area (Å²) in [7, 11) is 1.76. The first-order chi connectivity index (χ1) is 9.65. The first kappa shape index (κ1) is 16.4. The number of rotatable bonds is 10. The molecule has 1 rings (SSSR count). The Morgan fingerprint density at radius 2 is 1.85 bits per heavy atom. The van der Waals surface area contributed by atoms with E-state index in [1.807, 2.05) is 13.8 Å². The summed E-state index contributed by atoms with van der Waals surface area (Å²) in [6.07, 6.45) is 1.97. The quantitative estimate of drug-likeness (QED) is 0.635. The number of aromatic nitrogens is 3. The molecular formula is C13H25N5O2. The zero-order valence-corrected chi connectivity index (χ0v) is 12.8. The van der Waals surface area contributed by atoms with Crippen molar-refractivity contribution in [3.8, 4) is 6.01 Å². The van der Waals surface area contributed by atoms with Gasteiger partial charge in [0.2, 0.25) is 11.9 Å². The van der Waals surface area contributed by atoms with E-state index in [-0.39, 0.29) is 6.10 Å². The summed E-state index contributed by atoms with van der Waals surface area (Å²) in [5.41, 5.74) is 0. The van der Waals surface area contributed by atoms with Crippen molar-refractivity contribution in [1.82, 2.24) is 15.0 Å². The molecule has 0 saturated heterocycles. The minimum atomic E-state index is 0.0254. The molecule has 0 saturated carbocycles. The van der Waals surface area contributed by atoms with Crippen LogP contribution >= 0.6 is 0 Å².